The molecule has 2 unspecified atom stereocenters. The lowest BCUT2D eigenvalue weighted by Gasteiger charge is -2.39. The van der Waals surface area contributed by atoms with Crippen LogP contribution in [0.3, 0.4) is 0 Å². The van der Waals surface area contributed by atoms with E-state index in [0.29, 0.717) is 26.2 Å². The molecule has 2 atom stereocenters. The lowest BCUT2D eigenvalue weighted by atomic mass is 10.1. The molecule has 132 valence electrons. The van der Waals surface area contributed by atoms with Crippen molar-refractivity contribution in [2.24, 2.45) is 5.92 Å². The third-order valence-electron chi connectivity index (χ3n) is 5.08. The molecule has 2 aliphatic heterocycles. The molecule has 0 N–H and O–H groups in total. The maximum atomic E-state index is 12.7. The van der Waals surface area contributed by atoms with E-state index in [-0.39, 0.29) is 12.0 Å². The summed E-state index contributed by atoms with van der Waals surface area (Å²) in [7, 11) is 0. The summed E-state index contributed by atoms with van der Waals surface area (Å²) in [4.78, 5) is 13.2. The van der Waals surface area contributed by atoms with Gasteiger partial charge in [-0.05, 0) is 19.8 Å². The Kier molecular flexibility index (Phi) is 3.35. The van der Waals surface area contributed by atoms with Crippen LogP contribution in [0.5, 0.6) is 0 Å². The number of rotatable bonds is 3. The monoisotopic (exact) mass is 345 g/mol. The fraction of sp³-hybridized carbons (Fsp3) is 0.733. The lowest BCUT2D eigenvalue weighted by molar-refractivity contribution is -0.208. The summed E-state index contributed by atoms with van der Waals surface area (Å²) in [6.07, 6.45) is -1.25. The van der Waals surface area contributed by atoms with Gasteiger partial charge in [-0.2, -0.15) is 18.3 Å². The first kappa shape index (κ1) is 15.7. The summed E-state index contributed by atoms with van der Waals surface area (Å²) in [5.74, 6) is -1.44. The van der Waals surface area contributed by atoms with Gasteiger partial charge in [-0.3, -0.25) is 0 Å². The fourth-order valence-corrected chi connectivity index (χ4v) is 3.73. The zero-order valence-electron chi connectivity index (χ0n) is 13.2. The molecule has 0 aromatic carbocycles. The molecule has 24 heavy (non-hydrogen) atoms. The number of alkyl halides is 3. The molecule has 1 saturated carbocycles. The highest BCUT2D eigenvalue weighted by Crippen LogP contribution is 2.57. The van der Waals surface area contributed by atoms with E-state index in [1.807, 2.05) is 11.8 Å². The predicted octanol–water partition coefficient (Wildman–Crippen LogP) is 2.18. The van der Waals surface area contributed by atoms with Crippen LogP contribution >= 0.6 is 0 Å². The normalized spacial score (nSPS) is 29.8. The van der Waals surface area contributed by atoms with Gasteiger partial charge < -0.3 is 14.4 Å². The average Bonchev–Trinajstić information content (AvgIpc) is 3.06. The quantitative estimate of drug-likeness (QED) is 0.786. The highest BCUT2D eigenvalue weighted by molar-refractivity contribution is 5.77. The number of anilines is 1. The molecule has 6 nitrogen and oxygen atoms in total. The summed E-state index contributed by atoms with van der Waals surface area (Å²) in [5, 5.41) is 4.36. The number of aryl methyl sites for hydroxylation is 1. The van der Waals surface area contributed by atoms with Gasteiger partial charge in [-0.1, -0.05) is 0 Å². The second-order valence-corrected chi connectivity index (χ2v) is 6.71. The molecule has 3 fully saturated rings. The summed E-state index contributed by atoms with van der Waals surface area (Å²) >= 11 is 0. The molecule has 2 saturated heterocycles. The number of fused-ring (bicyclic) bond motifs is 1. The number of hydrogen-bond donors (Lipinski definition) is 0. The number of hydrogen-bond acceptors (Lipinski definition) is 5. The summed E-state index contributed by atoms with van der Waals surface area (Å²) in [6.45, 7) is 3.47. The maximum absolute atomic E-state index is 12.7. The number of ether oxygens (including phenoxy) is 2. The Morgan fingerprint density at radius 3 is 2.83 bits per heavy atom. The number of piperidine rings is 1. The van der Waals surface area contributed by atoms with Crippen LogP contribution in [-0.4, -0.2) is 47.4 Å². The van der Waals surface area contributed by atoms with Gasteiger partial charge in [-0.25, -0.2) is 9.48 Å². The van der Waals surface area contributed by atoms with E-state index in [2.05, 4.69) is 5.10 Å². The topological polar surface area (TPSA) is 56.6 Å². The molecule has 3 heterocycles. The Hall–Kier alpha value is -1.77. The molecular weight excluding hydrogens is 327 g/mol. The van der Waals surface area contributed by atoms with Gasteiger partial charge in [0.05, 0.1) is 19.4 Å². The van der Waals surface area contributed by atoms with Crippen LogP contribution in [0.4, 0.5) is 19.0 Å². The van der Waals surface area contributed by atoms with Crippen molar-refractivity contribution in [1.29, 1.82) is 0 Å². The molecule has 9 heteroatoms. The number of carbonyl (C=O) groups excluding carboxylic acids is 1. The van der Waals surface area contributed by atoms with Crippen molar-refractivity contribution in [3.05, 3.63) is 11.8 Å². The molecule has 0 bridgehead atoms. The minimum absolute atomic E-state index is 0.0575. The van der Waals surface area contributed by atoms with Crippen molar-refractivity contribution in [1.82, 2.24) is 9.78 Å². The Bertz CT molecular complexity index is 671. The fourth-order valence-electron chi connectivity index (χ4n) is 3.73. The summed E-state index contributed by atoms with van der Waals surface area (Å²) in [5.41, 5.74) is -0.324. The van der Waals surface area contributed by atoms with E-state index >= 15 is 0 Å². The highest BCUT2D eigenvalue weighted by atomic mass is 19.4. The van der Waals surface area contributed by atoms with Crippen molar-refractivity contribution >= 4 is 11.8 Å². The first-order chi connectivity index (χ1) is 11.3. The number of halogens is 3. The van der Waals surface area contributed by atoms with Crippen LogP contribution in [0.2, 0.25) is 0 Å². The Labute approximate surface area is 136 Å². The Morgan fingerprint density at radius 1 is 1.46 bits per heavy atom. The van der Waals surface area contributed by atoms with E-state index < -0.39 is 17.9 Å². The van der Waals surface area contributed by atoms with E-state index in [4.69, 9.17) is 9.47 Å². The van der Waals surface area contributed by atoms with Gasteiger partial charge in [0, 0.05) is 24.4 Å². The zero-order valence-corrected chi connectivity index (χ0v) is 13.2. The van der Waals surface area contributed by atoms with Gasteiger partial charge in [0.1, 0.15) is 11.9 Å². The molecule has 1 aliphatic carbocycles. The third kappa shape index (κ3) is 2.28. The van der Waals surface area contributed by atoms with Crippen LogP contribution < -0.4 is 4.90 Å². The minimum Gasteiger partial charge on any atom is -0.432 e. The number of carbonyl (C=O) groups is 1. The van der Waals surface area contributed by atoms with Crippen LogP contribution in [-0.2, 0) is 14.3 Å². The largest absolute Gasteiger partial charge is 0.491 e. The van der Waals surface area contributed by atoms with Crippen LogP contribution in [0.25, 0.3) is 0 Å². The standard InChI is InChI=1S/C15H18F3N3O3/c1-9-6-19-21(11-7-23-8-11)12(9)20-4-2-3-10-5-14(10,20)24-13(22)15(16,17)18/h6,10-11H,2-5,7-8H2,1H3. The molecular formula is C15H18F3N3O3. The minimum atomic E-state index is -4.98. The summed E-state index contributed by atoms with van der Waals surface area (Å²) in [6, 6.07) is 0.0724. The molecule has 1 aromatic heterocycles. The Morgan fingerprint density at radius 2 is 2.21 bits per heavy atom. The number of esters is 1. The van der Waals surface area contributed by atoms with Crippen molar-refractivity contribution in [2.75, 3.05) is 24.7 Å². The van der Waals surface area contributed by atoms with Crippen LogP contribution in [0.1, 0.15) is 30.9 Å². The lowest BCUT2D eigenvalue weighted by Crippen LogP contribution is -2.49. The molecule has 0 radical (unpaired) electrons. The van der Waals surface area contributed by atoms with E-state index in [0.717, 1.165) is 24.2 Å². The van der Waals surface area contributed by atoms with Crippen molar-refractivity contribution in [3.63, 3.8) is 0 Å². The molecule has 0 spiro atoms. The Balaban J connectivity index is 1.67. The first-order valence-electron chi connectivity index (χ1n) is 8.02. The van der Waals surface area contributed by atoms with E-state index in [1.165, 1.54) is 0 Å². The van der Waals surface area contributed by atoms with Gasteiger partial charge in [0.15, 0.2) is 5.72 Å². The number of aromatic nitrogens is 2. The second-order valence-electron chi connectivity index (χ2n) is 6.71. The van der Waals surface area contributed by atoms with Gasteiger partial charge in [0.25, 0.3) is 0 Å². The predicted molar refractivity (Wildman–Crippen MR) is 76.4 cm³/mol. The van der Waals surface area contributed by atoms with Gasteiger partial charge in [-0.15, -0.1) is 0 Å². The highest BCUT2D eigenvalue weighted by Gasteiger charge is 2.66. The average molecular weight is 345 g/mol. The molecule has 1 aromatic rings. The van der Waals surface area contributed by atoms with E-state index in [1.54, 1.807) is 10.9 Å². The van der Waals surface area contributed by atoms with Crippen molar-refractivity contribution in [2.45, 2.75) is 44.1 Å². The third-order valence-corrected chi connectivity index (χ3v) is 5.08. The number of nitrogens with zero attached hydrogens (tertiary/aromatic N) is 3. The molecule has 3 aliphatic rings. The van der Waals surface area contributed by atoms with Crippen LogP contribution in [0.15, 0.2) is 6.20 Å². The maximum Gasteiger partial charge on any atom is 0.491 e. The van der Waals surface area contributed by atoms with Crippen molar-refractivity contribution in [3.8, 4) is 0 Å². The SMILES string of the molecule is Cc1cnn(C2COC2)c1N1CCCC2CC21OC(=O)C(F)(F)F. The van der Waals surface area contributed by atoms with Gasteiger partial charge >= 0.3 is 12.1 Å². The molecule has 0 amide bonds. The second kappa shape index (κ2) is 5.11. The van der Waals surface area contributed by atoms with Crippen LogP contribution in [0, 0.1) is 12.8 Å². The van der Waals surface area contributed by atoms with Gasteiger partial charge in [0.2, 0.25) is 0 Å². The zero-order chi connectivity index (χ0) is 17.1. The van der Waals surface area contributed by atoms with E-state index in [9.17, 15) is 18.0 Å². The van der Waals surface area contributed by atoms with Crippen molar-refractivity contribution < 1.29 is 27.4 Å². The summed E-state index contributed by atoms with van der Waals surface area (Å²) < 4.78 is 50.0. The molecule has 4 rings (SSSR count). The smallest absolute Gasteiger partial charge is 0.432 e. The first-order valence-corrected chi connectivity index (χ1v) is 8.02.